The Balaban J connectivity index is 2.14. The van der Waals surface area contributed by atoms with Crippen LogP contribution in [0.1, 0.15) is 30.1 Å². The molecule has 0 unspecified atom stereocenters. The van der Waals surface area contributed by atoms with Crippen molar-refractivity contribution in [2.45, 2.75) is 24.7 Å². The number of halogens is 1. The monoisotopic (exact) mass is 313 g/mol. The van der Waals surface area contributed by atoms with Gasteiger partial charge in [-0.1, -0.05) is 22.9 Å². The number of rotatable bonds is 1. The molecule has 17 heavy (non-hydrogen) atoms. The zero-order chi connectivity index (χ0) is 12.4. The molecule has 1 aromatic carbocycles. The molecule has 2 nitrogen and oxygen atoms in total. The number of nitrogens with zero attached hydrogens (tertiary/aromatic N) is 1. The molecule has 1 saturated heterocycles. The predicted octanol–water partition coefficient (Wildman–Crippen LogP) is 3.61. The Morgan fingerprint density at radius 3 is 2.65 bits per heavy atom. The third-order valence-corrected chi connectivity index (χ3v) is 4.12. The molecule has 1 aromatic rings. The Morgan fingerprint density at radius 2 is 2.06 bits per heavy atom. The number of likely N-dealkylation sites (tertiary alicyclic amines) is 1. The summed E-state index contributed by atoms with van der Waals surface area (Å²) in [7, 11) is 0. The molecule has 0 N–H and O–H groups in total. The molecule has 0 atom stereocenters. The van der Waals surface area contributed by atoms with E-state index >= 15 is 0 Å². The highest BCUT2D eigenvalue weighted by Gasteiger charge is 2.22. The summed E-state index contributed by atoms with van der Waals surface area (Å²) < 4.78 is 0.950. The Labute approximate surface area is 116 Å². The van der Waals surface area contributed by atoms with Crippen LogP contribution >= 0.6 is 28.6 Å². The Bertz CT molecular complexity index is 427. The van der Waals surface area contributed by atoms with E-state index in [2.05, 4.69) is 35.5 Å². The van der Waals surface area contributed by atoms with Gasteiger partial charge < -0.3 is 4.90 Å². The lowest BCUT2D eigenvalue weighted by molar-refractivity contribution is 0.0694. The first-order valence-corrected chi connectivity index (χ1v) is 7.09. The number of carbonyl (C=O) groups excluding carboxylic acids is 1. The number of piperidine rings is 1. The molecule has 0 saturated carbocycles. The average molecular weight is 314 g/mol. The lowest BCUT2D eigenvalue weighted by atomic mass is 9.98. The molecule has 4 heteroatoms. The molecular formula is C13H16BrNOS. The normalized spacial score (nSPS) is 17.2. The third-order valence-electron chi connectivity index (χ3n) is 3.26. The Morgan fingerprint density at radius 1 is 1.41 bits per heavy atom. The number of hydrogen-bond donors (Lipinski definition) is 1. The summed E-state index contributed by atoms with van der Waals surface area (Å²) in [6, 6.07) is 5.59. The summed E-state index contributed by atoms with van der Waals surface area (Å²) in [6.07, 6.45) is 2.20. The van der Waals surface area contributed by atoms with Gasteiger partial charge in [-0.05, 0) is 37.0 Å². The van der Waals surface area contributed by atoms with Gasteiger partial charge in [-0.25, -0.2) is 0 Å². The van der Waals surface area contributed by atoms with Crippen molar-refractivity contribution in [1.29, 1.82) is 0 Å². The maximum absolute atomic E-state index is 12.3. The highest BCUT2D eigenvalue weighted by molar-refractivity contribution is 9.10. The van der Waals surface area contributed by atoms with E-state index < -0.39 is 0 Å². The van der Waals surface area contributed by atoms with Crippen molar-refractivity contribution in [3.8, 4) is 0 Å². The molecule has 0 bridgehead atoms. The summed E-state index contributed by atoms with van der Waals surface area (Å²) >= 11 is 7.74. The fourth-order valence-corrected chi connectivity index (χ4v) is 2.91. The highest BCUT2D eigenvalue weighted by Crippen LogP contribution is 2.23. The zero-order valence-electron chi connectivity index (χ0n) is 9.82. The number of hydrogen-bond acceptors (Lipinski definition) is 2. The van der Waals surface area contributed by atoms with E-state index in [1.165, 1.54) is 0 Å². The predicted molar refractivity (Wildman–Crippen MR) is 75.7 cm³/mol. The average Bonchev–Trinajstić information content (AvgIpc) is 2.29. The van der Waals surface area contributed by atoms with E-state index in [1.54, 1.807) is 0 Å². The molecule has 0 aliphatic carbocycles. The molecule has 0 aromatic heterocycles. The minimum absolute atomic E-state index is 0.106. The van der Waals surface area contributed by atoms with E-state index in [9.17, 15) is 4.79 Å². The second kappa shape index (κ2) is 5.44. The molecular weight excluding hydrogens is 298 g/mol. The summed E-state index contributed by atoms with van der Waals surface area (Å²) in [5.41, 5.74) is 0.700. The van der Waals surface area contributed by atoms with Crippen molar-refractivity contribution in [3.63, 3.8) is 0 Å². The first-order valence-electron chi connectivity index (χ1n) is 5.85. The summed E-state index contributed by atoms with van der Waals surface area (Å²) in [5, 5.41) is 0. The summed E-state index contributed by atoms with van der Waals surface area (Å²) in [5.74, 6) is 0.842. The Kier molecular flexibility index (Phi) is 4.15. The fourth-order valence-electron chi connectivity index (χ4n) is 2.07. The van der Waals surface area contributed by atoms with Gasteiger partial charge in [-0.3, -0.25) is 4.79 Å². The molecule has 2 rings (SSSR count). The third kappa shape index (κ3) is 3.05. The van der Waals surface area contributed by atoms with Crippen LogP contribution < -0.4 is 0 Å². The van der Waals surface area contributed by atoms with Crippen molar-refractivity contribution in [2.75, 3.05) is 13.1 Å². The van der Waals surface area contributed by atoms with Crippen molar-refractivity contribution < 1.29 is 4.79 Å². The topological polar surface area (TPSA) is 20.3 Å². The van der Waals surface area contributed by atoms with Gasteiger partial charge in [-0.15, -0.1) is 12.6 Å². The maximum atomic E-state index is 12.3. The smallest absolute Gasteiger partial charge is 0.254 e. The largest absolute Gasteiger partial charge is 0.339 e. The summed E-state index contributed by atoms with van der Waals surface area (Å²) in [4.78, 5) is 15.0. The van der Waals surface area contributed by atoms with Gasteiger partial charge in [0.25, 0.3) is 5.91 Å². The van der Waals surface area contributed by atoms with Crippen LogP contribution in [0.5, 0.6) is 0 Å². The van der Waals surface area contributed by atoms with Gasteiger partial charge in [-0.2, -0.15) is 0 Å². The van der Waals surface area contributed by atoms with Gasteiger partial charge in [0.15, 0.2) is 0 Å². The Hall–Kier alpha value is -0.480. The molecule has 1 fully saturated rings. The van der Waals surface area contributed by atoms with Crippen LogP contribution in [0.3, 0.4) is 0 Å². The summed E-state index contributed by atoms with van der Waals surface area (Å²) in [6.45, 7) is 3.97. The van der Waals surface area contributed by atoms with Crippen LogP contribution in [0.25, 0.3) is 0 Å². The zero-order valence-corrected chi connectivity index (χ0v) is 12.3. The first kappa shape index (κ1) is 13.0. The highest BCUT2D eigenvalue weighted by atomic mass is 79.9. The molecule has 0 radical (unpaired) electrons. The van der Waals surface area contributed by atoms with Crippen LogP contribution in [0.4, 0.5) is 0 Å². The fraction of sp³-hybridized carbons (Fsp3) is 0.462. The lowest BCUT2D eigenvalue weighted by Crippen LogP contribution is -2.38. The minimum Gasteiger partial charge on any atom is -0.339 e. The molecule has 92 valence electrons. The van der Waals surface area contributed by atoms with Crippen LogP contribution in [0.15, 0.2) is 27.6 Å². The van der Waals surface area contributed by atoms with Crippen molar-refractivity contribution >= 4 is 34.5 Å². The number of benzene rings is 1. The second-order valence-electron chi connectivity index (χ2n) is 4.64. The standard InChI is InChI=1S/C13H16BrNOS/c1-9-4-6-15(7-5-9)13(16)11-3-2-10(14)8-12(11)17/h2-3,8-9,17H,4-7H2,1H3. The van der Waals surface area contributed by atoms with Crippen LogP contribution in [0, 0.1) is 5.92 Å². The van der Waals surface area contributed by atoms with Crippen molar-refractivity contribution in [1.82, 2.24) is 4.90 Å². The van der Waals surface area contributed by atoms with Gasteiger partial charge in [0.05, 0.1) is 5.56 Å². The van der Waals surface area contributed by atoms with Gasteiger partial charge in [0, 0.05) is 22.5 Å². The minimum atomic E-state index is 0.106. The molecule has 1 aliphatic rings. The molecule has 0 spiro atoms. The van der Waals surface area contributed by atoms with E-state index in [0.717, 1.165) is 41.2 Å². The van der Waals surface area contributed by atoms with Crippen LogP contribution in [-0.2, 0) is 0 Å². The second-order valence-corrected chi connectivity index (χ2v) is 6.03. The van der Waals surface area contributed by atoms with Crippen molar-refractivity contribution in [3.05, 3.63) is 28.2 Å². The molecule has 1 heterocycles. The number of amides is 1. The van der Waals surface area contributed by atoms with Crippen molar-refractivity contribution in [2.24, 2.45) is 5.92 Å². The first-order chi connectivity index (χ1) is 8.08. The SMILES string of the molecule is CC1CCN(C(=O)c2ccc(Br)cc2S)CC1. The van der Waals surface area contributed by atoms with Gasteiger partial charge >= 0.3 is 0 Å². The van der Waals surface area contributed by atoms with Gasteiger partial charge in [0.1, 0.15) is 0 Å². The van der Waals surface area contributed by atoms with Gasteiger partial charge in [0.2, 0.25) is 0 Å². The number of thiol groups is 1. The maximum Gasteiger partial charge on any atom is 0.254 e. The van der Waals surface area contributed by atoms with E-state index in [4.69, 9.17) is 0 Å². The lowest BCUT2D eigenvalue weighted by Gasteiger charge is -2.30. The van der Waals surface area contributed by atoms with E-state index in [-0.39, 0.29) is 5.91 Å². The van der Waals surface area contributed by atoms with E-state index in [1.807, 2.05) is 23.1 Å². The van der Waals surface area contributed by atoms with E-state index in [0.29, 0.717) is 5.56 Å². The van der Waals surface area contributed by atoms with Crippen LogP contribution in [0.2, 0.25) is 0 Å². The molecule has 1 amide bonds. The quantitative estimate of drug-likeness (QED) is 0.785. The molecule has 1 aliphatic heterocycles. The van der Waals surface area contributed by atoms with Crippen LogP contribution in [-0.4, -0.2) is 23.9 Å². The number of carbonyl (C=O) groups is 1.